The van der Waals surface area contributed by atoms with E-state index in [1.54, 1.807) is 0 Å². The molecule has 2 aliphatic rings. The highest BCUT2D eigenvalue weighted by Gasteiger charge is 2.43. The van der Waals surface area contributed by atoms with E-state index in [0.29, 0.717) is 0 Å². The maximum Gasteiger partial charge on any atom is 0.245 e. The second-order valence-corrected chi connectivity index (χ2v) is 5.33. The molecule has 0 aliphatic carbocycles. The van der Waals surface area contributed by atoms with E-state index < -0.39 is 0 Å². The zero-order valence-electron chi connectivity index (χ0n) is 11.2. The highest BCUT2D eigenvalue weighted by atomic mass is 16.2. The van der Waals surface area contributed by atoms with Crippen molar-refractivity contribution in [2.75, 3.05) is 13.1 Å². The quantitative estimate of drug-likeness (QED) is 0.709. The van der Waals surface area contributed by atoms with Crippen molar-refractivity contribution in [3.8, 4) is 0 Å². The Bertz CT molecular complexity index is 566. The van der Waals surface area contributed by atoms with Crippen LogP contribution in [0.5, 0.6) is 0 Å². The fourth-order valence-corrected chi connectivity index (χ4v) is 3.33. The van der Waals surface area contributed by atoms with Crippen LogP contribution < -0.4 is 0 Å². The van der Waals surface area contributed by atoms with Gasteiger partial charge in [0, 0.05) is 24.2 Å². The molecule has 98 valence electrons. The molecule has 1 aromatic carbocycles. The van der Waals surface area contributed by atoms with Gasteiger partial charge in [-0.2, -0.15) is 0 Å². The molecule has 3 heteroatoms. The van der Waals surface area contributed by atoms with Gasteiger partial charge in [0.2, 0.25) is 5.91 Å². The van der Waals surface area contributed by atoms with Gasteiger partial charge in [0.1, 0.15) is 0 Å². The van der Waals surface area contributed by atoms with Gasteiger partial charge in [0.15, 0.2) is 0 Å². The van der Waals surface area contributed by atoms with Gasteiger partial charge in [-0.1, -0.05) is 24.8 Å². The summed E-state index contributed by atoms with van der Waals surface area (Å²) in [5.41, 5.74) is 3.68. The van der Waals surface area contributed by atoms with Gasteiger partial charge >= 0.3 is 0 Å². The highest BCUT2D eigenvalue weighted by molar-refractivity contribution is 6.00. The molecule has 0 saturated carbocycles. The minimum atomic E-state index is 0.0377. The summed E-state index contributed by atoms with van der Waals surface area (Å²) in [6.07, 6.45) is 3.32. The predicted molar refractivity (Wildman–Crippen MR) is 76.9 cm³/mol. The Hall–Kier alpha value is -1.90. The van der Waals surface area contributed by atoms with Gasteiger partial charge in [-0.15, -0.1) is 0 Å². The summed E-state index contributed by atoms with van der Waals surface area (Å²) in [5.74, 6) is 0.0377. The van der Waals surface area contributed by atoms with Crippen LogP contribution in [0.1, 0.15) is 25.3 Å². The van der Waals surface area contributed by atoms with Gasteiger partial charge in [-0.05, 0) is 37.5 Å². The Morgan fingerprint density at radius 1 is 1.37 bits per heavy atom. The molecule has 2 aliphatic heterocycles. The van der Waals surface area contributed by atoms with E-state index in [4.69, 9.17) is 4.99 Å². The first kappa shape index (κ1) is 12.2. The summed E-state index contributed by atoms with van der Waals surface area (Å²) in [6, 6.07) is 8.37. The Balaban J connectivity index is 1.89. The second-order valence-electron chi connectivity index (χ2n) is 5.33. The van der Waals surface area contributed by atoms with E-state index >= 15 is 0 Å². The van der Waals surface area contributed by atoms with Crippen molar-refractivity contribution in [1.82, 2.24) is 4.90 Å². The number of benzene rings is 1. The Morgan fingerprint density at radius 3 is 2.74 bits per heavy atom. The molecule has 0 aromatic heterocycles. The zero-order chi connectivity index (χ0) is 13.5. The molecule has 0 N–H and O–H groups in total. The van der Waals surface area contributed by atoms with Gasteiger partial charge in [0.05, 0.1) is 5.69 Å². The third-order valence-electron chi connectivity index (χ3n) is 4.50. The summed E-state index contributed by atoms with van der Waals surface area (Å²) < 4.78 is 0. The van der Waals surface area contributed by atoms with Crippen molar-refractivity contribution in [2.24, 2.45) is 4.99 Å². The van der Waals surface area contributed by atoms with Crippen LogP contribution >= 0.6 is 0 Å². The number of fused-ring (bicyclic) bond motifs is 2. The largest absolute Gasteiger partial charge is 0.339 e. The van der Waals surface area contributed by atoms with Crippen LogP contribution in [-0.4, -0.2) is 29.6 Å². The maximum absolute atomic E-state index is 11.7. The lowest BCUT2D eigenvalue weighted by molar-refractivity contribution is -0.127. The highest BCUT2D eigenvalue weighted by Crippen LogP contribution is 2.46. The number of aliphatic imine (C=N–C) groups is 1. The van der Waals surface area contributed by atoms with Crippen LogP contribution in [0.2, 0.25) is 0 Å². The van der Waals surface area contributed by atoms with Crippen molar-refractivity contribution < 1.29 is 4.79 Å². The standard InChI is InChI=1S/C16H18N2O/c1-3-15(19)18-10-8-16(9-11-18)12(2)17-14-7-5-4-6-13(14)16/h3-7H,1,8-11H2,2H3. The number of likely N-dealkylation sites (tertiary alicyclic amines) is 1. The molecule has 1 saturated heterocycles. The lowest BCUT2D eigenvalue weighted by Gasteiger charge is -2.40. The molecule has 0 atom stereocenters. The fourth-order valence-electron chi connectivity index (χ4n) is 3.33. The number of hydrogen-bond donors (Lipinski definition) is 0. The monoisotopic (exact) mass is 254 g/mol. The summed E-state index contributed by atoms with van der Waals surface area (Å²) in [6.45, 7) is 7.24. The lowest BCUT2D eigenvalue weighted by Crippen LogP contribution is -2.46. The normalized spacial score (nSPS) is 20.1. The van der Waals surface area contributed by atoms with Gasteiger partial charge in [0.25, 0.3) is 0 Å². The number of para-hydroxylation sites is 1. The molecular formula is C16H18N2O. The lowest BCUT2D eigenvalue weighted by atomic mass is 9.71. The van der Waals surface area contributed by atoms with E-state index in [1.807, 2.05) is 11.0 Å². The molecule has 19 heavy (non-hydrogen) atoms. The molecular weight excluding hydrogens is 236 g/mol. The van der Waals surface area contributed by atoms with Crippen LogP contribution in [-0.2, 0) is 10.2 Å². The number of piperidine rings is 1. The van der Waals surface area contributed by atoms with Crippen LogP contribution in [0.25, 0.3) is 0 Å². The van der Waals surface area contributed by atoms with Crippen molar-refractivity contribution in [3.63, 3.8) is 0 Å². The summed E-state index contributed by atoms with van der Waals surface area (Å²) >= 11 is 0. The van der Waals surface area contributed by atoms with Crippen LogP contribution in [0.4, 0.5) is 5.69 Å². The average molecular weight is 254 g/mol. The van der Waals surface area contributed by atoms with Gasteiger partial charge in [-0.25, -0.2) is 0 Å². The van der Waals surface area contributed by atoms with Crippen molar-refractivity contribution in [3.05, 3.63) is 42.5 Å². The molecule has 3 nitrogen and oxygen atoms in total. The van der Waals surface area contributed by atoms with Crippen LogP contribution in [0.15, 0.2) is 41.9 Å². The van der Waals surface area contributed by atoms with E-state index in [1.165, 1.54) is 17.4 Å². The second kappa shape index (κ2) is 4.34. The number of nitrogens with zero attached hydrogens (tertiary/aromatic N) is 2. The third kappa shape index (κ3) is 1.72. The van der Waals surface area contributed by atoms with Crippen molar-refractivity contribution >= 4 is 17.3 Å². The minimum absolute atomic E-state index is 0.0377. The third-order valence-corrected chi connectivity index (χ3v) is 4.50. The SMILES string of the molecule is C=CC(=O)N1CCC2(CC1)C(C)=Nc1ccccc12. The first-order valence-electron chi connectivity index (χ1n) is 6.74. The number of carbonyl (C=O) groups is 1. The number of hydrogen-bond acceptors (Lipinski definition) is 2. The Kier molecular flexibility index (Phi) is 2.77. The Labute approximate surface area is 113 Å². The van der Waals surface area contributed by atoms with Crippen molar-refractivity contribution in [1.29, 1.82) is 0 Å². The molecule has 1 aromatic rings. The molecule has 0 bridgehead atoms. The molecule has 2 heterocycles. The van der Waals surface area contributed by atoms with Crippen molar-refractivity contribution in [2.45, 2.75) is 25.2 Å². The Morgan fingerprint density at radius 2 is 2.05 bits per heavy atom. The molecule has 1 amide bonds. The van der Waals surface area contributed by atoms with E-state index in [9.17, 15) is 4.79 Å². The molecule has 0 radical (unpaired) electrons. The molecule has 0 unspecified atom stereocenters. The van der Waals surface area contributed by atoms with Crippen LogP contribution in [0.3, 0.4) is 0 Å². The van der Waals surface area contributed by atoms with Crippen LogP contribution in [0, 0.1) is 0 Å². The van der Waals surface area contributed by atoms with E-state index in [0.717, 1.165) is 31.6 Å². The zero-order valence-corrected chi connectivity index (χ0v) is 11.2. The first-order chi connectivity index (χ1) is 9.17. The maximum atomic E-state index is 11.7. The number of amides is 1. The average Bonchev–Trinajstić information content (AvgIpc) is 2.72. The fraction of sp³-hybridized carbons (Fsp3) is 0.375. The minimum Gasteiger partial charge on any atom is -0.339 e. The first-order valence-corrected chi connectivity index (χ1v) is 6.74. The van der Waals surface area contributed by atoms with Gasteiger partial charge in [-0.3, -0.25) is 9.79 Å². The van der Waals surface area contributed by atoms with E-state index in [-0.39, 0.29) is 11.3 Å². The van der Waals surface area contributed by atoms with E-state index in [2.05, 4.69) is 31.7 Å². The number of rotatable bonds is 1. The predicted octanol–water partition coefficient (Wildman–Crippen LogP) is 2.84. The summed E-state index contributed by atoms with van der Waals surface area (Å²) in [5, 5.41) is 0. The van der Waals surface area contributed by atoms with Gasteiger partial charge < -0.3 is 4.90 Å². The summed E-state index contributed by atoms with van der Waals surface area (Å²) in [4.78, 5) is 18.3. The topological polar surface area (TPSA) is 32.7 Å². The smallest absolute Gasteiger partial charge is 0.245 e. The molecule has 1 spiro atoms. The molecule has 1 fully saturated rings. The number of carbonyl (C=O) groups excluding carboxylic acids is 1. The summed E-state index contributed by atoms with van der Waals surface area (Å²) in [7, 11) is 0. The molecule has 3 rings (SSSR count).